The molecule has 1 aromatic carbocycles. The zero-order valence-electron chi connectivity index (χ0n) is 14.1. The lowest BCUT2D eigenvalue weighted by Crippen LogP contribution is -2.38. The number of aliphatic imine (C=N–C) groups is 1. The van der Waals surface area contributed by atoms with E-state index in [0.29, 0.717) is 38.2 Å². The van der Waals surface area contributed by atoms with Crippen LogP contribution in [-0.4, -0.2) is 32.8 Å². The van der Waals surface area contributed by atoms with Gasteiger partial charge in [-0.2, -0.15) is 13.2 Å². The highest BCUT2D eigenvalue weighted by atomic mass is 127. The second-order valence-corrected chi connectivity index (χ2v) is 5.52. The predicted octanol–water partition coefficient (Wildman–Crippen LogP) is 3.66. The molecule has 0 fully saturated rings. The number of rotatable bonds is 7. The molecule has 0 bridgehead atoms. The molecule has 0 heterocycles. The van der Waals surface area contributed by atoms with Crippen molar-refractivity contribution >= 4 is 29.9 Å². The molecule has 4 nitrogen and oxygen atoms in total. The van der Waals surface area contributed by atoms with Gasteiger partial charge >= 0.3 is 6.18 Å². The monoisotopic (exact) mass is 459 g/mol. The summed E-state index contributed by atoms with van der Waals surface area (Å²) in [6, 6.07) is 5.06. The van der Waals surface area contributed by atoms with E-state index in [1.54, 1.807) is 7.05 Å². The molecule has 0 spiro atoms. The van der Waals surface area contributed by atoms with E-state index >= 15 is 0 Å². The Morgan fingerprint density at radius 3 is 2.29 bits per heavy atom. The van der Waals surface area contributed by atoms with E-state index in [4.69, 9.17) is 4.74 Å². The van der Waals surface area contributed by atoms with Crippen LogP contribution in [0.25, 0.3) is 0 Å². The maximum absolute atomic E-state index is 12.5. The van der Waals surface area contributed by atoms with E-state index in [2.05, 4.69) is 29.5 Å². The van der Waals surface area contributed by atoms with Gasteiger partial charge in [0.25, 0.3) is 0 Å². The number of alkyl halides is 3. The summed E-state index contributed by atoms with van der Waals surface area (Å²) in [7, 11) is 1.64. The predicted molar refractivity (Wildman–Crippen MR) is 101 cm³/mol. The van der Waals surface area contributed by atoms with Gasteiger partial charge in [0.2, 0.25) is 0 Å². The second kappa shape index (κ2) is 11.5. The van der Waals surface area contributed by atoms with Gasteiger partial charge in [-0.05, 0) is 23.6 Å². The molecule has 0 saturated heterocycles. The standard InChI is InChI=1S/C16H24F3N3O.HI/c1-12(2)11-23-9-8-21-15(20-3)22-10-13-4-6-14(7-5-13)16(17,18)19;/h4-7,12H,8-11H2,1-3H3,(H2,20,21,22);1H. The zero-order valence-corrected chi connectivity index (χ0v) is 16.4. The highest BCUT2D eigenvalue weighted by Crippen LogP contribution is 2.28. The number of benzene rings is 1. The maximum Gasteiger partial charge on any atom is 0.416 e. The van der Waals surface area contributed by atoms with E-state index in [9.17, 15) is 13.2 Å². The van der Waals surface area contributed by atoms with Crippen LogP contribution in [0.4, 0.5) is 13.2 Å². The summed E-state index contributed by atoms with van der Waals surface area (Å²) in [4.78, 5) is 4.05. The van der Waals surface area contributed by atoms with Gasteiger partial charge in [-0.25, -0.2) is 0 Å². The van der Waals surface area contributed by atoms with E-state index in [0.717, 1.165) is 17.7 Å². The minimum absolute atomic E-state index is 0. The second-order valence-electron chi connectivity index (χ2n) is 5.52. The Kier molecular flexibility index (Phi) is 11.0. The summed E-state index contributed by atoms with van der Waals surface area (Å²) in [6.07, 6.45) is -4.31. The van der Waals surface area contributed by atoms with Crippen molar-refractivity contribution in [3.05, 3.63) is 35.4 Å². The Labute approximate surface area is 158 Å². The molecule has 0 aliphatic rings. The quantitative estimate of drug-likeness (QED) is 0.283. The van der Waals surface area contributed by atoms with Gasteiger partial charge in [0.15, 0.2) is 5.96 Å². The average Bonchev–Trinajstić information content (AvgIpc) is 2.49. The average molecular weight is 459 g/mol. The van der Waals surface area contributed by atoms with Gasteiger partial charge in [0.05, 0.1) is 12.2 Å². The summed E-state index contributed by atoms with van der Waals surface area (Å²) in [5.41, 5.74) is 0.100. The van der Waals surface area contributed by atoms with Crippen molar-refractivity contribution < 1.29 is 17.9 Å². The fraction of sp³-hybridized carbons (Fsp3) is 0.562. The molecule has 0 aliphatic heterocycles. The largest absolute Gasteiger partial charge is 0.416 e. The summed E-state index contributed by atoms with van der Waals surface area (Å²) in [5.74, 6) is 1.07. The molecule has 138 valence electrons. The number of guanidine groups is 1. The van der Waals surface area contributed by atoms with Gasteiger partial charge in [0, 0.05) is 26.7 Å². The maximum atomic E-state index is 12.5. The van der Waals surface area contributed by atoms with E-state index in [1.165, 1.54) is 12.1 Å². The topological polar surface area (TPSA) is 45.7 Å². The third-order valence-electron chi connectivity index (χ3n) is 2.95. The number of nitrogens with zero attached hydrogens (tertiary/aromatic N) is 1. The number of nitrogens with one attached hydrogen (secondary N) is 2. The first kappa shape index (κ1) is 23.0. The Balaban J connectivity index is 0.00000529. The Bertz CT molecular complexity index is 490. The SMILES string of the molecule is CN=C(NCCOCC(C)C)NCc1ccc(C(F)(F)F)cc1.I. The molecule has 2 N–H and O–H groups in total. The molecule has 1 aromatic rings. The van der Waals surface area contributed by atoms with Crippen LogP contribution in [0.15, 0.2) is 29.3 Å². The summed E-state index contributed by atoms with van der Waals surface area (Å²) < 4.78 is 42.9. The summed E-state index contributed by atoms with van der Waals surface area (Å²) >= 11 is 0. The Hall–Kier alpha value is -1.03. The smallest absolute Gasteiger partial charge is 0.379 e. The van der Waals surface area contributed by atoms with Crippen LogP contribution in [-0.2, 0) is 17.5 Å². The molecular formula is C16H25F3IN3O. The van der Waals surface area contributed by atoms with E-state index in [-0.39, 0.29) is 24.0 Å². The minimum Gasteiger partial charge on any atom is -0.379 e. The molecule has 24 heavy (non-hydrogen) atoms. The minimum atomic E-state index is -4.31. The lowest BCUT2D eigenvalue weighted by Gasteiger charge is -2.13. The first-order valence-corrected chi connectivity index (χ1v) is 7.51. The third-order valence-corrected chi connectivity index (χ3v) is 2.95. The highest BCUT2D eigenvalue weighted by Gasteiger charge is 2.29. The molecule has 1 rings (SSSR count). The zero-order chi connectivity index (χ0) is 17.3. The fourth-order valence-electron chi connectivity index (χ4n) is 1.78. The molecule has 0 amide bonds. The van der Waals surface area contributed by atoms with Crippen LogP contribution in [0, 0.1) is 5.92 Å². The van der Waals surface area contributed by atoms with E-state index < -0.39 is 11.7 Å². The third kappa shape index (κ3) is 9.31. The van der Waals surface area contributed by atoms with Crippen molar-refractivity contribution in [3.8, 4) is 0 Å². The lowest BCUT2D eigenvalue weighted by molar-refractivity contribution is -0.137. The van der Waals surface area contributed by atoms with Crippen LogP contribution in [0.3, 0.4) is 0 Å². The fourth-order valence-corrected chi connectivity index (χ4v) is 1.78. The van der Waals surface area contributed by atoms with Crippen LogP contribution in [0.5, 0.6) is 0 Å². The van der Waals surface area contributed by atoms with Crippen molar-refractivity contribution in [2.24, 2.45) is 10.9 Å². The molecular weight excluding hydrogens is 434 g/mol. The van der Waals surface area contributed by atoms with Crippen LogP contribution in [0.2, 0.25) is 0 Å². The molecule has 8 heteroatoms. The molecule has 0 unspecified atom stereocenters. The van der Waals surface area contributed by atoms with Crippen LogP contribution < -0.4 is 10.6 Å². The van der Waals surface area contributed by atoms with Gasteiger partial charge in [-0.15, -0.1) is 24.0 Å². The molecule has 0 saturated carbocycles. The van der Waals surface area contributed by atoms with Gasteiger partial charge in [-0.1, -0.05) is 26.0 Å². The van der Waals surface area contributed by atoms with Gasteiger partial charge < -0.3 is 15.4 Å². The van der Waals surface area contributed by atoms with Crippen molar-refractivity contribution in [1.82, 2.24) is 10.6 Å². The van der Waals surface area contributed by atoms with Crippen LogP contribution >= 0.6 is 24.0 Å². The highest BCUT2D eigenvalue weighted by molar-refractivity contribution is 14.0. The first-order chi connectivity index (χ1) is 10.8. The molecule has 0 aromatic heterocycles. The molecule has 0 aliphatic carbocycles. The van der Waals surface area contributed by atoms with Gasteiger partial charge in [0.1, 0.15) is 0 Å². The number of halogens is 4. The normalized spacial score (nSPS) is 12.0. The summed E-state index contributed by atoms with van der Waals surface area (Å²) in [6.45, 7) is 6.44. The molecule has 0 atom stereocenters. The van der Waals surface area contributed by atoms with E-state index in [1.807, 2.05) is 0 Å². The first-order valence-electron chi connectivity index (χ1n) is 7.51. The Morgan fingerprint density at radius 1 is 1.17 bits per heavy atom. The number of hydrogen-bond donors (Lipinski definition) is 2. The Morgan fingerprint density at radius 2 is 1.79 bits per heavy atom. The van der Waals surface area contributed by atoms with Crippen molar-refractivity contribution in [2.75, 3.05) is 26.8 Å². The van der Waals surface area contributed by atoms with Crippen molar-refractivity contribution in [1.29, 1.82) is 0 Å². The van der Waals surface area contributed by atoms with Gasteiger partial charge in [-0.3, -0.25) is 4.99 Å². The van der Waals surface area contributed by atoms with Crippen molar-refractivity contribution in [3.63, 3.8) is 0 Å². The lowest BCUT2D eigenvalue weighted by atomic mass is 10.1. The summed E-state index contributed by atoms with van der Waals surface area (Å²) in [5, 5.41) is 6.13. The number of ether oxygens (including phenoxy) is 1. The number of hydrogen-bond acceptors (Lipinski definition) is 2. The molecule has 0 radical (unpaired) electrons. The van der Waals surface area contributed by atoms with Crippen molar-refractivity contribution in [2.45, 2.75) is 26.6 Å². The van der Waals surface area contributed by atoms with Crippen LogP contribution in [0.1, 0.15) is 25.0 Å².